The minimum Gasteiger partial charge on any atom is -0.350 e. The summed E-state index contributed by atoms with van der Waals surface area (Å²) in [5, 5.41) is 3.05. The molecule has 6 heteroatoms. The van der Waals surface area contributed by atoms with Crippen molar-refractivity contribution in [1.82, 2.24) is 10.2 Å². The molecule has 1 saturated carbocycles. The summed E-state index contributed by atoms with van der Waals surface area (Å²) in [5.74, 6) is 1.65. The number of nitrogens with two attached hydrogens (primary N) is 1. The summed E-state index contributed by atoms with van der Waals surface area (Å²) in [6, 6.07) is -0.282. The topological polar surface area (TPSA) is 75.4 Å². The lowest BCUT2D eigenvalue weighted by atomic mass is 10.1. The van der Waals surface area contributed by atoms with Crippen LogP contribution in [0.1, 0.15) is 51.9 Å². The Balaban J connectivity index is 1.91. The van der Waals surface area contributed by atoms with Crippen LogP contribution in [0, 0.1) is 5.92 Å². The fourth-order valence-corrected chi connectivity index (χ4v) is 4.45. The van der Waals surface area contributed by atoms with Gasteiger partial charge in [0.2, 0.25) is 11.8 Å². The van der Waals surface area contributed by atoms with Crippen molar-refractivity contribution in [3.05, 3.63) is 0 Å². The molecule has 1 saturated heterocycles. The third-order valence-electron chi connectivity index (χ3n) is 4.71. The van der Waals surface area contributed by atoms with Crippen molar-refractivity contribution >= 4 is 23.6 Å². The third kappa shape index (κ3) is 4.38. The molecule has 1 aliphatic carbocycles. The first-order valence-corrected chi connectivity index (χ1v) is 9.71. The highest BCUT2D eigenvalue weighted by Gasteiger charge is 2.38. The molecule has 126 valence electrons. The number of nitrogens with one attached hydrogen (secondary N) is 1. The fourth-order valence-electron chi connectivity index (χ4n) is 3.28. The molecule has 2 rings (SSSR count). The van der Waals surface area contributed by atoms with Gasteiger partial charge in [-0.25, -0.2) is 0 Å². The molecule has 2 aliphatic rings. The van der Waals surface area contributed by atoms with Crippen molar-refractivity contribution in [2.75, 3.05) is 18.2 Å². The molecule has 1 aliphatic heterocycles. The highest BCUT2D eigenvalue weighted by atomic mass is 32.2. The highest BCUT2D eigenvalue weighted by Crippen LogP contribution is 2.30. The molecule has 5 nitrogen and oxygen atoms in total. The molecular formula is C16H29N3O2S. The van der Waals surface area contributed by atoms with E-state index in [0.717, 1.165) is 44.9 Å². The predicted molar refractivity (Wildman–Crippen MR) is 90.4 cm³/mol. The van der Waals surface area contributed by atoms with E-state index in [1.165, 1.54) is 0 Å². The average molecular weight is 327 g/mol. The van der Waals surface area contributed by atoms with Gasteiger partial charge in [0.25, 0.3) is 0 Å². The van der Waals surface area contributed by atoms with Crippen LogP contribution in [-0.2, 0) is 9.59 Å². The van der Waals surface area contributed by atoms with E-state index >= 15 is 0 Å². The van der Waals surface area contributed by atoms with Crippen LogP contribution in [-0.4, -0.2) is 47.0 Å². The molecule has 0 aromatic rings. The van der Waals surface area contributed by atoms with Gasteiger partial charge < -0.3 is 16.0 Å². The van der Waals surface area contributed by atoms with Crippen molar-refractivity contribution in [2.24, 2.45) is 11.7 Å². The number of nitrogens with zero attached hydrogens (tertiary/aromatic N) is 1. The number of carbonyl (C=O) groups is 2. The normalized spacial score (nSPS) is 23.7. The molecule has 0 radical (unpaired) electrons. The Bertz CT molecular complexity index is 386. The molecule has 0 bridgehead atoms. The summed E-state index contributed by atoms with van der Waals surface area (Å²) in [7, 11) is 0. The molecule has 0 spiro atoms. The Hall–Kier alpha value is -0.750. The van der Waals surface area contributed by atoms with Crippen LogP contribution in [0.15, 0.2) is 0 Å². The lowest BCUT2D eigenvalue weighted by Crippen LogP contribution is -2.52. The van der Waals surface area contributed by atoms with Gasteiger partial charge >= 0.3 is 0 Å². The Morgan fingerprint density at radius 1 is 1.36 bits per heavy atom. The van der Waals surface area contributed by atoms with Gasteiger partial charge in [0.15, 0.2) is 0 Å². The number of amides is 2. The smallest absolute Gasteiger partial charge is 0.243 e. The van der Waals surface area contributed by atoms with E-state index in [4.69, 9.17) is 5.73 Å². The zero-order valence-corrected chi connectivity index (χ0v) is 14.4. The zero-order chi connectivity index (χ0) is 15.9. The van der Waals surface area contributed by atoms with Gasteiger partial charge in [-0.3, -0.25) is 9.59 Å². The largest absolute Gasteiger partial charge is 0.350 e. The monoisotopic (exact) mass is 327 g/mol. The van der Waals surface area contributed by atoms with Gasteiger partial charge in [0.05, 0.1) is 5.88 Å². The second-order valence-electron chi connectivity index (χ2n) is 6.39. The van der Waals surface area contributed by atoms with Crippen LogP contribution in [0.4, 0.5) is 0 Å². The van der Waals surface area contributed by atoms with E-state index in [-0.39, 0.29) is 29.8 Å². The van der Waals surface area contributed by atoms with Gasteiger partial charge in [-0.2, -0.15) is 0 Å². The molecule has 0 aromatic heterocycles. The number of hydrogen-bond donors (Lipinski definition) is 2. The first-order valence-electron chi connectivity index (χ1n) is 8.56. The summed E-state index contributed by atoms with van der Waals surface area (Å²) in [4.78, 5) is 26.9. The predicted octanol–water partition coefficient (Wildman–Crippen LogP) is 1.71. The van der Waals surface area contributed by atoms with Crippen molar-refractivity contribution in [1.29, 1.82) is 0 Å². The van der Waals surface area contributed by atoms with E-state index in [1.807, 2.05) is 0 Å². The zero-order valence-electron chi connectivity index (χ0n) is 13.6. The molecule has 2 fully saturated rings. The SMILES string of the molecule is CCCCC(CN)NC(=O)C1CSCN1C(=O)C1CCCC1. The van der Waals surface area contributed by atoms with Crippen molar-refractivity contribution < 1.29 is 9.59 Å². The van der Waals surface area contributed by atoms with E-state index in [9.17, 15) is 9.59 Å². The highest BCUT2D eigenvalue weighted by molar-refractivity contribution is 7.99. The standard InChI is InChI=1S/C16H29N3O2S/c1-2-3-8-13(9-17)18-15(20)14-10-22-11-19(14)16(21)12-6-4-5-7-12/h12-14H,2-11,17H2,1H3,(H,18,20). The summed E-state index contributed by atoms with van der Waals surface area (Å²) in [6.07, 6.45) is 7.31. The van der Waals surface area contributed by atoms with Gasteiger partial charge in [0, 0.05) is 24.3 Å². The maximum Gasteiger partial charge on any atom is 0.243 e. The van der Waals surface area contributed by atoms with E-state index in [1.54, 1.807) is 16.7 Å². The average Bonchev–Trinajstić information content (AvgIpc) is 3.21. The fraction of sp³-hybridized carbons (Fsp3) is 0.875. The summed E-state index contributed by atoms with van der Waals surface area (Å²) in [6.45, 7) is 2.59. The molecule has 1 heterocycles. The van der Waals surface area contributed by atoms with E-state index in [0.29, 0.717) is 18.2 Å². The molecule has 22 heavy (non-hydrogen) atoms. The minimum absolute atomic E-state index is 0.0251. The molecule has 2 amide bonds. The Morgan fingerprint density at radius 3 is 2.73 bits per heavy atom. The van der Waals surface area contributed by atoms with Crippen LogP contribution in [0.25, 0.3) is 0 Å². The first-order chi connectivity index (χ1) is 10.7. The van der Waals surface area contributed by atoms with Crippen molar-refractivity contribution in [3.63, 3.8) is 0 Å². The number of thioether (sulfide) groups is 1. The summed E-state index contributed by atoms with van der Waals surface area (Å²) < 4.78 is 0. The summed E-state index contributed by atoms with van der Waals surface area (Å²) in [5.41, 5.74) is 5.75. The lowest BCUT2D eigenvalue weighted by molar-refractivity contribution is -0.141. The van der Waals surface area contributed by atoms with Crippen LogP contribution in [0.3, 0.4) is 0 Å². The van der Waals surface area contributed by atoms with E-state index in [2.05, 4.69) is 12.2 Å². The van der Waals surface area contributed by atoms with Crippen molar-refractivity contribution in [2.45, 2.75) is 64.0 Å². The first kappa shape index (κ1) is 17.6. The molecule has 2 unspecified atom stereocenters. The second-order valence-corrected chi connectivity index (χ2v) is 7.39. The summed E-state index contributed by atoms with van der Waals surface area (Å²) >= 11 is 1.67. The molecule has 3 N–H and O–H groups in total. The number of rotatable bonds is 7. The number of unbranched alkanes of at least 4 members (excludes halogenated alkanes) is 1. The molecule has 0 aromatic carbocycles. The Labute approximate surface area is 137 Å². The van der Waals surface area contributed by atoms with Gasteiger partial charge in [-0.1, -0.05) is 32.6 Å². The molecule has 2 atom stereocenters. The second kappa shape index (κ2) is 8.77. The Morgan fingerprint density at radius 2 is 2.09 bits per heavy atom. The van der Waals surface area contributed by atoms with Gasteiger partial charge in [-0.05, 0) is 19.3 Å². The maximum atomic E-state index is 12.6. The van der Waals surface area contributed by atoms with Crippen LogP contribution in [0.5, 0.6) is 0 Å². The van der Waals surface area contributed by atoms with Crippen LogP contribution >= 0.6 is 11.8 Å². The number of carbonyl (C=O) groups excluding carboxylic acids is 2. The van der Waals surface area contributed by atoms with E-state index < -0.39 is 0 Å². The number of hydrogen-bond acceptors (Lipinski definition) is 4. The van der Waals surface area contributed by atoms with Gasteiger partial charge in [0.1, 0.15) is 6.04 Å². The van der Waals surface area contributed by atoms with Crippen molar-refractivity contribution in [3.8, 4) is 0 Å². The van der Waals surface area contributed by atoms with Crippen LogP contribution in [0.2, 0.25) is 0 Å². The minimum atomic E-state index is -0.311. The quantitative estimate of drug-likeness (QED) is 0.746. The third-order valence-corrected chi connectivity index (χ3v) is 5.72. The van der Waals surface area contributed by atoms with Gasteiger partial charge in [-0.15, -0.1) is 11.8 Å². The maximum absolute atomic E-state index is 12.6. The van der Waals surface area contributed by atoms with Crippen LogP contribution < -0.4 is 11.1 Å². The lowest BCUT2D eigenvalue weighted by Gasteiger charge is -2.27. The Kier molecular flexibility index (Phi) is 7.02. The molecular weight excluding hydrogens is 298 g/mol.